The first kappa shape index (κ1) is 11.5. The molecule has 0 saturated carbocycles. The van der Waals surface area contributed by atoms with Crippen LogP contribution in [0.4, 0.5) is 10.1 Å². The van der Waals surface area contributed by atoms with Gasteiger partial charge in [0.25, 0.3) is 5.91 Å². The highest BCUT2D eigenvalue weighted by Gasteiger charge is 2.10. The highest BCUT2D eigenvalue weighted by molar-refractivity contribution is 5.95. The number of halogens is 1. The second-order valence-corrected chi connectivity index (χ2v) is 3.33. The van der Waals surface area contributed by atoms with Crippen molar-refractivity contribution in [3.63, 3.8) is 0 Å². The van der Waals surface area contributed by atoms with E-state index >= 15 is 0 Å². The SMILES string of the molecule is C[C@@H](CO)NC(=O)c1cc(N)cc(F)c1. The Morgan fingerprint density at radius 2 is 2.27 bits per heavy atom. The molecule has 1 amide bonds. The lowest BCUT2D eigenvalue weighted by atomic mass is 10.1. The number of carbonyl (C=O) groups excluding carboxylic acids is 1. The third-order valence-electron chi connectivity index (χ3n) is 1.83. The van der Waals surface area contributed by atoms with Crippen LogP contribution in [-0.2, 0) is 0 Å². The maximum Gasteiger partial charge on any atom is 0.251 e. The fourth-order valence-electron chi connectivity index (χ4n) is 1.10. The Morgan fingerprint density at radius 1 is 1.60 bits per heavy atom. The quantitative estimate of drug-likeness (QED) is 0.639. The molecule has 0 aliphatic rings. The minimum atomic E-state index is -0.559. The molecule has 0 radical (unpaired) electrons. The Morgan fingerprint density at radius 3 is 2.80 bits per heavy atom. The summed E-state index contributed by atoms with van der Waals surface area (Å²) in [5.41, 5.74) is 5.73. The van der Waals surface area contributed by atoms with E-state index in [1.807, 2.05) is 0 Å². The van der Waals surface area contributed by atoms with Crippen molar-refractivity contribution in [2.45, 2.75) is 13.0 Å². The predicted molar refractivity (Wildman–Crippen MR) is 54.8 cm³/mol. The number of hydrogen-bond acceptors (Lipinski definition) is 3. The smallest absolute Gasteiger partial charge is 0.251 e. The van der Waals surface area contributed by atoms with Gasteiger partial charge in [-0.2, -0.15) is 0 Å². The molecule has 0 bridgehead atoms. The zero-order valence-corrected chi connectivity index (χ0v) is 8.33. The van der Waals surface area contributed by atoms with Gasteiger partial charge in [0, 0.05) is 17.3 Å². The molecule has 1 atom stereocenters. The lowest BCUT2D eigenvalue weighted by Gasteiger charge is -2.10. The third-order valence-corrected chi connectivity index (χ3v) is 1.83. The molecule has 1 rings (SSSR count). The van der Waals surface area contributed by atoms with Crippen LogP contribution in [0.3, 0.4) is 0 Å². The van der Waals surface area contributed by atoms with E-state index in [9.17, 15) is 9.18 Å². The molecule has 82 valence electrons. The topological polar surface area (TPSA) is 75.3 Å². The van der Waals surface area contributed by atoms with Crippen LogP contribution in [-0.4, -0.2) is 23.7 Å². The lowest BCUT2D eigenvalue weighted by molar-refractivity contribution is 0.0922. The summed E-state index contributed by atoms with van der Waals surface area (Å²) in [7, 11) is 0. The summed E-state index contributed by atoms with van der Waals surface area (Å²) in [5.74, 6) is -1.01. The number of aliphatic hydroxyl groups is 1. The summed E-state index contributed by atoms with van der Waals surface area (Å²) < 4.78 is 12.9. The monoisotopic (exact) mass is 212 g/mol. The highest BCUT2D eigenvalue weighted by Crippen LogP contribution is 2.10. The van der Waals surface area contributed by atoms with Crippen LogP contribution in [0.1, 0.15) is 17.3 Å². The fourth-order valence-corrected chi connectivity index (χ4v) is 1.10. The molecule has 0 unspecified atom stereocenters. The van der Waals surface area contributed by atoms with E-state index in [2.05, 4.69) is 5.32 Å². The molecule has 0 saturated heterocycles. The van der Waals surface area contributed by atoms with E-state index in [4.69, 9.17) is 10.8 Å². The van der Waals surface area contributed by atoms with E-state index in [1.54, 1.807) is 6.92 Å². The third kappa shape index (κ3) is 3.21. The Bertz CT molecular complexity index is 348. The number of nitrogen functional groups attached to an aromatic ring is 1. The van der Waals surface area contributed by atoms with Crippen LogP contribution in [0.5, 0.6) is 0 Å². The first-order valence-corrected chi connectivity index (χ1v) is 4.50. The second kappa shape index (κ2) is 4.75. The average Bonchev–Trinajstić information content (AvgIpc) is 2.16. The molecule has 4 nitrogen and oxygen atoms in total. The molecule has 5 heteroatoms. The largest absolute Gasteiger partial charge is 0.399 e. The van der Waals surface area contributed by atoms with E-state index in [-0.39, 0.29) is 23.9 Å². The van der Waals surface area contributed by atoms with Crippen LogP contribution < -0.4 is 11.1 Å². The van der Waals surface area contributed by atoms with Crippen molar-refractivity contribution in [3.05, 3.63) is 29.6 Å². The van der Waals surface area contributed by atoms with Gasteiger partial charge in [0.15, 0.2) is 0 Å². The Hall–Kier alpha value is -1.62. The summed E-state index contributed by atoms with van der Waals surface area (Å²) in [6, 6.07) is 3.23. The number of nitrogens with two attached hydrogens (primary N) is 1. The van der Waals surface area contributed by atoms with E-state index in [1.165, 1.54) is 6.07 Å². The molecular weight excluding hydrogens is 199 g/mol. The van der Waals surface area contributed by atoms with Gasteiger partial charge in [0.05, 0.1) is 6.61 Å². The van der Waals surface area contributed by atoms with Crippen molar-refractivity contribution in [3.8, 4) is 0 Å². The van der Waals surface area contributed by atoms with E-state index in [0.29, 0.717) is 0 Å². The van der Waals surface area contributed by atoms with Crippen molar-refractivity contribution in [2.24, 2.45) is 0 Å². The zero-order valence-electron chi connectivity index (χ0n) is 8.33. The molecule has 1 aromatic rings. The van der Waals surface area contributed by atoms with Gasteiger partial charge < -0.3 is 16.2 Å². The summed E-state index contributed by atoms with van der Waals surface area (Å²) in [6.07, 6.45) is 0. The number of anilines is 1. The molecule has 0 spiro atoms. The molecular formula is C10H13FN2O2. The van der Waals surface area contributed by atoms with Crippen molar-refractivity contribution < 1.29 is 14.3 Å². The summed E-state index contributed by atoms with van der Waals surface area (Å²) in [4.78, 5) is 11.5. The van der Waals surface area contributed by atoms with Gasteiger partial charge in [-0.1, -0.05) is 0 Å². The van der Waals surface area contributed by atoms with Gasteiger partial charge in [-0.05, 0) is 25.1 Å². The molecule has 4 N–H and O–H groups in total. The van der Waals surface area contributed by atoms with Crippen LogP contribution >= 0.6 is 0 Å². The van der Waals surface area contributed by atoms with Gasteiger partial charge in [-0.3, -0.25) is 4.79 Å². The highest BCUT2D eigenvalue weighted by atomic mass is 19.1. The minimum Gasteiger partial charge on any atom is -0.399 e. The van der Waals surface area contributed by atoms with Crippen LogP contribution in [0.2, 0.25) is 0 Å². The van der Waals surface area contributed by atoms with Gasteiger partial charge in [-0.15, -0.1) is 0 Å². The summed E-state index contributed by atoms with van der Waals surface area (Å²) in [5, 5.41) is 11.2. The number of carbonyl (C=O) groups is 1. The first-order valence-electron chi connectivity index (χ1n) is 4.50. The molecule has 0 aliphatic carbocycles. The number of amides is 1. The molecule has 0 aliphatic heterocycles. The van der Waals surface area contributed by atoms with Crippen molar-refractivity contribution in [1.82, 2.24) is 5.32 Å². The maximum atomic E-state index is 12.9. The fraction of sp³-hybridized carbons (Fsp3) is 0.300. The van der Waals surface area contributed by atoms with Crippen molar-refractivity contribution in [1.29, 1.82) is 0 Å². The molecule has 1 aromatic carbocycles. The van der Waals surface area contributed by atoms with Crippen molar-refractivity contribution in [2.75, 3.05) is 12.3 Å². The number of rotatable bonds is 3. The molecule has 0 heterocycles. The Labute approximate surface area is 86.9 Å². The number of aliphatic hydroxyl groups excluding tert-OH is 1. The van der Waals surface area contributed by atoms with Gasteiger partial charge in [0.1, 0.15) is 5.82 Å². The maximum absolute atomic E-state index is 12.9. The van der Waals surface area contributed by atoms with E-state index < -0.39 is 11.7 Å². The van der Waals surface area contributed by atoms with Gasteiger partial charge in [-0.25, -0.2) is 4.39 Å². The number of benzene rings is 1. The van der Waals surface area contributed by atoms with Crippen LogP contribution in [0.15, 0.2) is 18.2 Å². The Balaban J connectivity index is 2.82. The number of hydrogen-bond donors (Lipinski definition) is 3. The molecule has 0 fully saturated rings. The lowest BCUT2D eigenvalue weighted by Crippen LogP contribution is -2.35. The average molecular weight is 212 g/mol. The summed E-state index contributed by atoms with van der Waals surface area (Å²) >= 11 is 0. The molecule has 15 heavy (non-hydrogen) atoms. The first-order chi connectivity index (χ1) is 7.02. The number of nitrogens with one attached hydrogen (secondary N) is 1. The summed E-state index contributed by atoms with van der Waals surface area (Å²) in [6.45, 7) is 1.47. The van der Waals surface area contributed by atoms with Crippen LogP contribution in [0.25, 0.3) is 0 Å². The van der Waals surface area contributed by atoms with Crippen molar-refractivity contribution >= 4 is 11.6 Å². The van der Waals surface area contributed by atoms with Gasteiger partial charge in [0.2, 0.25) is 0 Å². The van der Waals surface area contributed by atoms with Crippen LogP contribution in [0, 0.1) is 5.82 Å². The zero-order chi connectivity index (χ0) is 11.4. The second-order valence-electron chi connectivity index (χ2n) is 3.33. The predicted octanol–water partition coefficient (Wildman–Crippen LogP) is 0.519. The van der Waals surface area contributed by atoms with E-state index in [0.717, 1.165) is 12.1 Å². The molecule has 0 aromatic heterocycles. The normalized spacial score (nSPS) is 12.2. The standard InChI is InChI=1S/C10H13FN2O2/c1-6(5-14)13-10(15)7-2-8(11)4-9(12)3-7/h2-4,6,14H,5,12H2,1H3,(H,13,15)/t6-/m0/s1. The van der Waals surface area contributed by atoms with Gasteiger partial charge >= 0.3 is 0 Å². The Kier molecular flexibility index (Phi) is 3.62. The minimum absolute atomic E-state index is 0.146.